The Morgan fingerprint density at radius 2 is 1.82 bits per heavy atom. The zero-order valence-corrected chi connectivity index (χ0v) is 16.7. The lowest BCUT2D eigenvalue weighted by Crippen LogP contribution is -2.14. The number of aryl methyl sites for hydroxylation is 2. The molecule has 0 atom stereocenters. The standard InChI is InChI=1S/C23H20ClN3O/c1-15-9-10-20(24)13-22(15)26-23(28)19(14-25)12-18-11-16(2)27(17(18)3)21-7-5-4-6-8-21/h4-13H,1-3H3,(H,26,28)/b19-12-. The first-order chi connectivity index (χ1) is 13.4. The monoisotopic (exact) mass is 389 g/mol. The number of hydrogen-bond donors (Lipinski definition) is 1. The Hall–Kier alpha value is -3.29. The van der Waals surface area contributed by atoms with Gasteiger partial charge in [-0.25, -0.2) is 0 Å². The summed E-state index contributed by atoms with van der Waals surface area (Å²) in [6.07, 6.45) is 1.62. The van der Waals surface area contributed by atoms with E-state index in [9.17, 15) is 10.1 Å². The molecule has 3 aromatic rings. The van der Waals surface area contributed by atoms with Crippen LogP contribution < -0.4 is 5.32 Å². The van der Waals surface area contributed by atoms with Crippen LogP contribution in [0.3, 0.4) is 0 Å². The molecule has 0 bridgehead atoms. The smallest absolute Gasteiger partial charge is 0.266 e. The van der Waals surface area contributed by atoms with E-state index < -0.39 is 5.91 Å². The molecular formula is C23H20ClN3O. The average molecular weight is 390 g/mol. The Morgan fingerprint density at radius 3 is 2.50 bits per heavy atom. The fourth-order valence-corrected chi connectivity index (χ4v) is 3.30. The number of amides is 1. The Morgan fingerprint density at radius 1 is 1.11 bits per heavy atom. The highest BCUT2D eigenvalue weighted by Crippen LogP contribution is 2.24. The van der Waals surface area contributed by atoms with Crippen molar-refractivity contribution in [2.24, 2.45) is 0 Å². The van der Waals surface area contributed by atoms with Gasteiger partial charge in [-0.2, -0.15) is 5.26 Å². The van der Waals surface area contributed by atoms with Crippen LogP contribution in [0.5, 0.6) is 0 Å². The van der Waals surface area contributed by atoms with E-state index in [-0.39, 0.29) is 5.57 Å². The molecule has 28 heavy (non-hydrogen) atoms. The third-order valence-electron chi connectivity index (χ3n) is 4.60. The molecule has 0 aliphatic heterocycles. The van der Waals surface area contributed by atoms with Crippen LogP contribution in [0.25, 0.3) is 11.8 Å². The molecular weight excluding hydrogens is 370 g/mol. The summed E-state index contributed by atoms with van der Waals surface area (Å²) in [6, 6.07) is 19.2. The highest BCUT2D eigenvalue weighted by Gasteiger charge is 2.14. The Kier molecular flexibility index (Phi) is 5.67. The van der Waals surface area contributed by atoms with Gasteiger partial charge in [0.1, 0.15) is 11.6 Å². The van der Waals surface area contributed by atoms with E-state index in [0.717, 1.165) is 28.2 Å². The Labute approximate surface area is 169 Å². The molecule has 1 aromatic heterocycles. The second-order valence-electron chi connectivity index (χ2n) is 6.58. The van der Waals surface area contributed by atoms with Gasteiger partial charge in [0, 0.05) is 27.8 Å². The minimum Gasteiger partial charge on any atom is -0.321 e. The van der Waals surface area contributed by atoms with Crippen molar-refractivity contribution < 1.29 is 4.79 Å². The van der Waals surface area contributed by atoms with Crippen LogP contribution in [-0.2, 0) is 4.79 Å². The number of hydrogen-bond acceptors (Lipinski definition) is 2. The van der Waals surface area contributed by atoms with Gasteiger partial charge in [0.05, 0.1) is 0 Å². The maximum absolute atomic E-state index is 12.6. The van der Waals surface area contributed by atoms with Gasteiger partial charge >= 0.3 is 0 Å². The van der Waals surface area contributed by atoms with E-state index in [4.69, 9.17) is 11.6 Å². The van der Waals surface area contributed by atoms with E-state index in [1.807, 2.05) is 69.3 Å². The quantitative estimate of drug-likeness (QED) is 0.466. The molecule has 5 heteroatoms. The number of anilines is 1. The molecule has 3 rings (SSSR count). The lowest BCUT2D eigenvalue weighted by molar-refractivity contribution is -0.112. The maximum atomic E-state index is 12.6. The predicted molar refractivity (Wildman–Crippen MR) is 114 cm³/mol. The van der Waals surface area contributed by atoms with Crippen molar-refractivity contribution in [3.63, 3.8) is 0 Å². The zero-order valence-electron chi connectivity index (χ0n) is 16.0. The molecule has 0 radical (unpaired) electrons. The van der Waals surface area contributed by atoms with Crippen LogP contribution in [0, 0.1) is 32.1 Å². The minimum atomic E-state index is -0.461. The molecule has 140 valence electrons. The van der Waals surface area contributed by atoms with Crippen LogP contribution in [0.1, 0.15) is 22.5 Å². The SMILES string of the molecule is Cc1ccc(Cl)cc1NC(=O)/C(C#N)=C\c1cc(C)n(-c2ccccc2)c1C. The topological polar surface area (TPSA) is 57.8 Å². The van der Waals surface area contributed by atoms with Gasteiger partial charge in [0.15, 0.2) is 0 Å². The summed E-state index contributed by atoms with van der Waals surface area (Å²) in [4.78, 5) is 12.6. The average Bonchev–Trinajstić information content (AvgIpc) is 2.96. The van der Waals surface area contributed by atoms with Gasteiger partial charge in [-0.3, -0.25) is 4.79 Å². The van der Waals surface area contributed by atoms with Crippen molar-refractivity contribution in [1.29, 1.82) is 5.26 Å². The summed E-state index contributed by atoms with van der Waals surface area (Å²) in [5.74, 6) is -0.461. The Balaban J connectivity index is 1.94. The van der Waals surface area contributed by atoms with Crippen molar-refractivity contribution in [1.82, 2.24) is 4.57 Å². The van der Waals surface area contributed by atoms with Gasteiger partial charge in [-0.1, -0.05) is 35.9 Å². The molecule has 0 spiro atoms. The minimum absolute atomic E-state index is 0.0349. The second-order valence-corrected chi connectivity index (χ2v) is 7.02. The lowest BCUT2D eigenvalue weighted by atomic mass is 10.1. The van der Waals surface area contributed by atoms with Gasteiger partial charge in [0.25, 0.3) is 5.91 Å². The second kappa shape index (κ2) is 8.16. The molecule has 0 fully saturated rings. The molecule has 1 heterocycles. The highest BCUT2D eigenvalue weighted by atomic mass is 35.5. The summed E-state index contributed by atoms with van der Waals surface area (Å²) in [5, 5.41) is 12.8. The molecule has 2 aromatic carbocycles. The fraction of sp³-hybridized carbons (Fsp3) is 0.130. The Bertz CT molecular complexity index is 1100. The van der Waals surface area contributed by atoms with Crippen LogP contribution in [0.15, 0.2) is 60.2 Å². The van der Waals surface area contributed by atoms with Crippen LogP contribution in [0.4, 0.5) is 5.69 Å². The van der Waals surface area contributed by atoms with Crippen molar-refractivity contribution in [3.8, 4) is 11.8 Å². The van der Waals surface area contributed by atoms with Gasteiger partial charge in [0.2, 0.25) is 0 Å². The molecule has 0 aliphatic carbocycles. The number of benzene rings is 2. The number of carbonyl (C=O) groups is 1. The number of nitrogens with one attached hydrogen (secondary N) is 1. The number of rotatable bonds is 4. The summed E-state index contributed by atoms with van der Waals surface area (Å²) >= 11 is 6.01. The number of carbonyl (C=O) groups excluding carboxylic acids is 1. The van der Waals surface area contributed by atoms with Crippen molar-refractivity contribution in [2.45, 2.75) is 20.8 Å². The molecule has 0 saturated carbocycles. The number of nitrogens with zero attached hydrogens (tertiary/aromatic N) is 2. The summed E-state index contributed by atoms with van der Waals surface area (Å²) in [7, 11) is 0. The largest absolute Gasteiger partial charge is 0.321 e. The summed E-state index contributed by atoms with van der Waals surface area (Å²) in [5.41, 5.74) is 5.35. The van der Waals surface area contributed by atoms with Gasteiger partial charge < -0.3 is 9.88 Å². The molecule has 0 saturated heterocycles. The number of nitriles is 1. The van der Waals surface area contributed by atoms with E-state index in [1.54, 1.807) is 18.2 Å². The fourth-order valence-electron chi connectivity index (χ4n) is 3.13. The van der Waals surface area contributed by atoms with Crippen LogP contribution >= 0.6 is 11.6 Å². The number of halogens is 1. The van der Waals surface area contributed by atoms with Crippen molar-refractivity contribution in [2.75, 3.05) is 5.32 Å². The van der Waals surface area contributed by atoms with E-state index in [0.29, 0.717) is 10.7 Å². The van der Waals surface area contributed by atoms with E-state index in [2.05, 4.69) is 9.88 Å². The molecule has 4 nitrogen and oxygen atoms in total. The van der Waals surface area contributed by atoms with Gasteiger partial charge in [-0.05, 0) is 68.3 Å². The van der Waals surface area contributed by atoms with E-state index in [1.165, 1.54) is 0 Å². The highest BCUT2D eigenvalue weighted by molar-refractivity contribution is 6.31. The van der Waals surface area contributed by atoms with Crippen molar-refractivity contribution in [3.05, 3.63) is 87.7 Å². The summed E-state index contributed by atoms with van der Waals surface area (Å²) in [6.45, 7) is 5.84. The third-order valence-corrected chi connectivity index (χ3v) is 4.83. The first-order valence-electron chi connectivity index (χ1n) is 8.84. The molecule has 0 unspecified atom stereocenters. The normalized spacial score (nSPS) is 11.2. The maximum Gasteiger partial charge on any atom is 0.266 e. The van der Waals surface area contributed by atoms with Gasteiger partial charge in [-0.15, -0.1) is 0 Å². The number of para-hydroxylation sites is 1. The molecule has 0 aliphatic rings. The van der Waals surface area contributed by atoms with Crippen LogP contribution in [0.2, 0.25) is 5.02 Å². The predicted octanol–water partition coefficient (Wildman–Crippen LogP) is 5.60. The summed E-state index contributed by atoms with van der Waals surface area (Å²) < 4.78 is 2.10. The third kappa shape index (κ3) is 4.00. The van der Waals surface area contributed by atoms with Crippen LogP contribution in [-0.4, -0.2) is 10.5 Å². The first-order valence-corrected chi connectivity index (χ1v) is 9.22. The molecule has 1 amide bonds. The number of aromatic nitrogens is 1. The zero-order chi connectivity index (χ0) is 20.3. The van der Waals surface area contributed by atoms with Crippen molar-refractivity contribution >= 4 is 29.3 Å². The van der Waals surface area contributed by atoms with E-state index >= 15 is 0 Å². The molecule has 1 N–H and O–H groups in total. The first kappa shape index (κ1) is 19.5. The lowest BCUT2D eigenvalue weighted by Gasteiger charge is -2.09.